The normalized spacial score (nSPS) is 14.2. The maximum absolute atomic E-state index is 13.2. The number of nitrogens with zero attached hydrogens (tertiary/aromatic N) is 7. The minimum atomic E-state index is -0.637. The third-order valence-electron chi connectivity index (χ3n) is 10.3. The van der Waals surface area contributed by atoms with E-state index in [1.165, 1.54) is 27.0 Å². The summed E-state index contributed by atoms with van der Waals surface area (Å²) in [5, 5.41) is 12.2. The standard InChI is InChI=1S/C24H29ClN4O3S.C19H21ClN4O2S.2CH4/c1-6-15-32-23(31)28-13-11-16(12-14-28)20-21(26-5)18(9-7-17-8-10-19(25)33-17)29(27-20)22(30)24(2,3)4;1-3-12-26-19(25)24-10-8-13(9-11-24)17-18(21-2)15(22-23-17)6-4-14-5-7-16(20)27-14;;/h6,8,10,16H,1,7,9,11-15H2,2-4H3;3,5,7,13H,1,4,6,8-12H2,(H,22,23);2*1H4. The van der Waals surface area contributed by atoms with Crippen LogP contribution in [0.3, 0.4) is 0 Å². The molecule has 0 bridgehead atoms. The van der Waals surface area contributed by atoms with Gasteiger partial charge in [-0.15, -0.1) is 22.7 Å². The number of likely N-dealkylation sites (tertiary alicyclic amines) is 2. The molecule has 0 aromatic carbocycles. The molecular weight excluding hydrogens is 868 g/mol. The minimum absolute atomic E-state index is 0. The van der Waals surface area contributed by atoms with Gasteiger partial charge in [0.2, 0.25) is 11.4 Å². The Bertz CT molecular complexity index is 2220. The summed E-state index contributed by atoms with van der Waals surface area (Å²) in [6.07, 6.45) is 8.05. The van der Waals surface area contributed by atoms with Crippen molar-refractivity contribution >= 4 is 75.3 Å². The molecule has 0 saturated carbocycles. The molecule has 17 heteroatoms. The van der Waals surface area contributed by atoms with Crippen molar-refractivity contribution in [1.29, 1.82) is 0 Å². The highest BCUT2D eigenvalue weighted by Gasteiger charge is 2.34. The number of carbonyl (C=O) groups excluding carboxylic acids is 3. The van der Waals surface area contributed by atoms with Gasteiger partial charge in [0.15, 0.2) is 0 Å². The van der Waals surface area contributed by atoms with Crippen LogP contribution in [0.4, 0.5) is 21.0 Å². The summed E-state index contributed by atoms with van der Waals surface area (Å²) in [5.41, 5.74) is 3.45. The number of halogens is 2. The molecule has 0 spiro atoms. The van der Waals surface area contributed by atoms with Crippen LogP contribution < -0.4 is 0 Å². The summed E-state index contributed by atoms with van der Waals surface area (Å²) >= 11 is 15.1. The van der Waals surface area contributed by atoms with Crippen LogP contribution in [0.25, 0.3) is 9.69 Å². The van der Waals surface area contributed by atoms with E-state index in [2.05, 4.69) is 33.0 Å². The maximum atomic E-state index is 13.2. The zero-order valence-corrected chi connectivity index (χ0v) is 37.3. The number of carbonyl (C=O) groups is 3. The molecule has 0 atom stereocenters. The molecule has 6 rings (SSSR count). The van der Waals surface area contributed by atoms with E-state index in [1.54, 1.807) is 27.2 Å². The number of hydrogen-bond acceptors (Lipinski definition) is 9. The van der Waals surface area contributed by atoms with Gasteiger partial charge in [0.05, 0.1) is 38.9 Å². The summed E-state index contributed by atoms with van der Waals surface area (Å²) in [5.74, 6) is 0.0449. The quantitative estimate of drug-likeness (QED) is 0.111. The fourth-order valence-corrected chi connectivity index (χ4v) is 9.29. The van der Waals surface area contributed by atoms with Crippen LogP contribution in [-0.2, 0) is 35.2 Å². The first-order valence-corrected chi connectivity index (χ1v) is 22.2. The van der Waals surface area contributed by atoms with Crippen LogP contribution in [0.2, 0.25) is 8.67 Å². The highest BCUT2D eigenvalue weighted by Crippen LogP contribution is 2.39. The highest BCUT2D eigenvalue weighted by atomic mass is 35.5. The van der Waals surface area contributed by atoms with E-state index >= 15 is 0 Å². The second kappa shape index (κ2) is 24.1. The van der Waals surface area contributed by atoms with Crippen molar-refractivity contribution in [3.8, 4) is 0 Å². The van der Waals surface area contributed by atoms with Crippen molar-refractivity contribution in [3.05, 3.63) is 114 Å². The zero-order chi connectivity index (χ0) is 43.4. The fraction of sp³-hybridized carbons (Fsp3) is 0.489. The minimum Gasteiger partial charge on any atom is -0.445 e. The Kier molecular flexibility index (Phi) is 20.0. The van der Waals surface area contributed by atoms with Crippen molar-refractivity contribution in [2.24, 2.45) is 5.41 Å². The number of aryl methyl sites for hydroxylation is 3. The first kappa shape index (κ1) is 51.4. The number of aromatic nitrogens is 4. The second-order valence-corrected chi connectivity index (χ2v) is 19.1. The van der Waals surface area contributed by atoms with Crippen LogP contribution >= 0.6 is 45.9 Å². The van der Waals surface area contributed by atoms with Gasteiger partial charge in [-0.25, -0.2) is 24.0 Å². The molecule has 6 heterocycles. The average molecular weight is 926 g/mol. The SMILES string of the molecule is C.C.[C-]#[N+]c1c(C2CCN(C(=O)OCC=C)CC2)n[nH]c1CCc1ccc(Cl)s1.[C-]#[N+]c1c(C2CCN(C(=O)OCC=C)CC2)nn(C(=O)C(C)(C)C)c1CCc1ccc(Cl)s1. The van der Waals surface area contributed by atoms with E-state index in [0.717, 1.165) is 46.3 Å². The summed E-state index contributed by atoms with van der Waals surface area (Å²) in [4.78, 5) is 50.5. The Labute approximate surface area is 384 Å². The predicted molar refractivity (Wildman–Crippen MR) is 251 cm³/mol. The molecule has 2 fully saturated rings. The lowest BCUT2D eigenvalue weighted by Crippen LogP contribution is -2.38. The van der Waals surface area contributed by atoms with E-state index in [-0.39, 0.29) is 58.0 Å². The Morgan fingerprint density at radius 2 is 1.26 bits per heavy atom. The van der Waals surface area contributed by atoms with Crippen LogP contribution in [0.1, 0.15) is 110 Å². The molecule has 2 aliphatic rings. The molecular formula is C45H58Cl2N8O5S2. The van der Waals surface area contributed by atoms with Gasteiger partial charge in [0, 0.05) is 47.0 Å². The molecule has 2 saturated heterocycles. The molecule has 62 heavy (non-hydrogen) atoms. The smallest absolute Gasteiger partial charge is 0.410 e. The molecule has 4 aromatic rings. The lowest BCUT2D eigenvalue weighted by atomic mass is 9.92. The molecule has 0 aliphatic carbocycles. The van der Waals surface area contributed by atoms with Gasteiger partial charge >= 0.3 is 12.2 Å². The third-order valence-corrected chi connectivity index (χ3v) is 12.9. The second-order valence-electron chi connectivity index (χ2n) is 15.5. The van der Waals surface area contributed by atoms with Gasteiger partial charge in [0.25, 0.3) is 5.91 Å². The lowest BCUT2D eigenvalue weighted by molar-refractivity contribution is 0.0743. The number of amides is 2. The molecule has 0 radical (unpaired) electrons. The Hall–Kier alpha value is -4.93. The van der Waals surface area contributed by atoms with Crippen molar-refractivity contribution in [1.82, 2.24) is 29.8 Å². The molecule has 1 N–H and O–H groups in total. The van der Waals surface area contributed by atoms with Crippen LogP contribution in [0, 0.1) is 18.6 Å². The fourth-order valence-electron chi connectivity index (χ4n) is 7.12. The zero-order valence-electron chi connectivity index (χ0n) is 34.2. The van der Waals surface area contributed by atoms with E-state index in [0.29, 0.717) is 79.0 Å². The topological polar surface area (TPSA) is 131 Å². The van der Waals surface area contributed by atoms with Gasteiger partial charge < -0.3 is 19.3 Å². The number of H-pyrrole nitrogens is 1. The van der Waals surface area contributed by atoms with Crippen LogP contribution in [-0.4, -0.2) is 87.3 Å². The summed E-state index contributed by atoms with van der Waals surface area (Å²) in [7, 11) is 0. The highest BCUT2D eigenvalue weighted by molar-refractivity contribution is 7.16. The van der Waals surface area contributed by atoms with Crippen LogP contribution in [0.15, 0.2) is 49.6 Å². The predicted octanol–water partition coefficient (Wildman–Crippen LogP) is 12.4. The Morgan fingerprint density at radius 1 is 0.790 bits per heavy atom. The molecule has 13 nitrogen and oxygen atoms in total. The van der Waals surface area contributed by atoms with Gasteiger partial charge in [-0.2, -0.15) is 10.2 Å². The van der Waals surface area contributed by atoms with Gasteiger partial charge in [-0.1, -0.05) is 84.1 Å². The first-order valence-electron chi connectivity index (χ1n) is 19.8. The Balaban J connectivity index is 0.000000326. The van der Waals surface area contributed by atoms with Crippen molar-refractivity contribution < 1.29 is 23.9 Å². The summed E-state index contributed by atoms with van der Waals surface area (Å²) in [6.45, 7) is 30.8. The number of hydrogen-bond donors (Lipinski definition) is 1. The van der Waals surface area contributed by atoms with E-state index < -0.39 is 5.41 Å². The summed E-state index contributed by atoms with van der Waals surface area (Å²) in [6, 6.07) is 7.74. The number of nitrogens with one attached hydrogen (secondary N) is 1. The van der Waals surface area contributed by atoms with E-state index in [1.807, 2.05) is 45.0 Å². The average Bonchev–Trinajstić information content (AvgIpc) is 4.05. The molecule has 0 unspecified atom stereocenters. The third kappa shape index (κ3) is 13.3. The molecule has 2 amide bonds. The maximum Gasteiger partial charge on any atom is 0.410 e. The van der Waals surface area contributed by atoms with Crippen molar-refractivity contribution in [2.75, 3.05) is 39.4 Å². The molecule has 4 aromatic heterocycles. The lowest BCUT2D eigenvalue weighted by Gasteiger charge is -2.30. The number of rotatable bonds is 12. The van der Waals surface area contributed by atoms with Gasteiger partial charge in [-0.3, -0.25) is 9.89 Å². The Morgan fingerprint density at radius 3 is 1.68 bits per heavy atom. The molecule has 334 valence electrons. The molecule has 2 aliphatic heterocycles. The van der Waals surface area contributed by atoms with E-state index in [4.69, 9.17) is 50.9 Å². The first-order chi connectivity index (χ1) is 28.8. The van der Waals surface area contributed by atoms with E-state index in [9.17, 15) is 14.4 Å². The van der Waals surface area contributed by atoms with Crippen molar-refractivity contribution in [2.45, 2.75) is 98.8 Å². The summed E-state index contributed by atoms with van der Waals surface area (Å²) < 4.78 is 13.2. The van der Waals surface area contributed by atoms with Gasteiger partial charge in [-0.05, 0) is 87.5 Å². The van der Waals surface area contributed by atoms with Crippen molar-refractivity contribution in [3.63, 3.8) is 0 Å². The monoisotopic (exact) mass is 924 g/mol. The van der Waals surface area contributed by atoms with Gasteiger partial charge in [0.1, 0.15) is 13.2 Å². The largest absolute Gasteiger partial charge is 0.445 e. The van der Waals surface area contributed by atoms with Crippen LogP contribution in [0.5, 0.6) is 0 Å². The number of thiophene rings is 2. The number of ether oxygens (including phenoxy) is 2. The number of piperidine rings is 2. The number of aromatic amines is 1.